The lowest BCUT2D eigenvalue weighted by Gasteiger charge is -2.23. The topological polar surface area (TPSA) is 43.7 Å². The van der Waals surface area contributed by atoms with E-state index < -0.39 is 25.7 Å². The maximum atomic E-state index is 13.0. The van der Waals surface area contributed by atoms with Gasteiger partial charge >= 0.3 is 13.3 Å². The lowest BCUT2D eigenvalue weighted by Crippen LogP contribution is -2.39. The Balaban J connectivity index is 2.91. The average molecular weight is 279 g/mol. The van der Waals surface area contributed by atoms with Crippen molar-refractivity contribution in [2.45, 2.75) is 19.6 Å². The number of halogens is 4. The Morgan fingerprint density at radius 2 is 1.89 bits per heavy atom. The van der Waals surface area contributed by atoms with Crippen LogP contribution in [0.5, 0.6) is 0 Å². The Hall–Kier alpha value is -1.12. The second-order valence-electron chi connectivity index (χ2n) is 4.14. The van der Waals surface area contributed by atoms with Crippen LogP contribution in [0.15, 0.2) is 18.2 Å². The van der Waals surface area contributed by atoms with Crippen LogP contribution in [-0.4, -0.2) is 41.3 Å². The molecule has 0 bridgehead atoms. The van der Waals surface area contributed by atoms with Crippen molar-refractivity contribution in [1.82, 2.24) is 4.90 Å². The monoisotopic (exact) mass is 279 g/mol. The quantitative estimate of drug-likeness (QED) is 0.621. The van der Waals surface area contributed by atoms with Gasteiger partial charge < -0.3 is 10.0 Å². The van der Waals surface area contributed by atoms with E-state index in [2.05, 4.69) is 0 Å². The van der Waals surface area contributed by atoms with E-state index in [1.165, 1.54) is 6.07 Å². The molecule has 8 heteroatoms. The highest BCUT2D eigenvalue weighted by atomic mass is 19.4. The van der Waals surface area contributed by atoms with Gasteiger partial charge in [-0.3, -0.25) is 4.90 Å². The first-order chi connectivity index (χ1) is 8.73. The van der Waals surface area contributed by atoms with Gasteiger partial charge in [0.05, 0.1) is 6.54 Å². The summed E-state index contributed by atoms with van der Waals surface area (Å²) in [6.07, 6.45) is -4.34. The first-order valence-corrected chi connectivity index (χ1v) is 5.66. The van der Waals surface area contributed by atoms with Crippen LogP contribution in [0.25, 0.3) is 0 Å². The molecule has 1 aromatic carbocycles. The summed E-state index contributed by atoms with van der Waals surface area (Å²) >= 11 is 0. The fraction of sp³-hybridized carbons (Fsp3) is 0.455. The first-order valence-electron chi connectivity index (χ1n) is 5.66. The Kier molecular flexibility index (Phi) is 5.33. The van der Waals surface area contributed by atoms with Crippen molar-refractivity contribution in [2.24, 2.45) is 0 Å². The largest absolute Gasteiger partial charge is 0.488 e. The van der Waals surface area contributed by atoms with Crippen molar-refractivity contribution in [3.63, 3.8) is 0 Å². The van der Waals surface area contributed by atoms with Crippen LogP contribution in [0.2, 0.25) is 0 Å². The maximum Gasteiger partial charge on any atom is 0.488 e. The van der Waals surface area contributed by atoms with Gasteiger partial charge in [-0.1, -0.05) is 13.0 Å². The summed E-state index contributed by atoms with van der Waals surface area (Å²) in [6, 6.07) is 3.23. The Morgan fingerprint density at radius 3 is 2.37 bits per heavy atom. The molecule has 0 radical (unpaired) electrons. The third-order valence-electron chi connectivity index (χ3n) is 2.63. The number of benzene rings is 1. The predicted octanol–water partition coefficient (Wildman–Crippen LogP) is 0.890. The molecule has 0 aromatic heterocycles. The standard InChI is InChI=1S/C11H14BF4NO2/c1-2-17(7-11(14,15)16)6-8-3-4-9(13)5-10(8)12(18)19/h3-5,18-19H,2,6-7H2,1H3. The summed E-state index contributed by atoms with van der Waals surface area (Å²) in [5, 5.41) is 18.2. The van der Waals surface area contributed by atoms with Gasteiger partial charge in [0.25, 0.3) is 0 Å². The minimum absolute atomic E-state index is 0.124. The Bertz CT molecular complexity index is 426. The number of hydrogen-bond acceptors (Lipinski definition) is 3. The molecule has 2 N–H and O–H groups in total. The zero-order valence-electron chi connectivity index (χ0n) is 10.3. The summed E-state index contributed by atoms with van der Waals surface area (Å²) in [5.74, 6) is -0.675. The zero-order valence-corrected chi connectivity index (χ0v) is 10.3. The Morgan fingerprint density at radius 1 is 1.26 bits per heavy atom. The fourth-order valence-corrected chi connectivity index (χ4v) is 1.72. The van der Waals surface area contributed by atoms with Crippen LogP contribution in [0.4, 0.5) is 17.6 Å². The zero-order chi connectivity index (χ0) is 14.6. The second kappa shape index (κ2) is 6.36. The van der Waals surface area contributed by atoms with E-state index in [1.54, 1.807) is 6.92 Å². The molecule has 3 nitrogen and oxygen atoms in total. The molecule has 0 spiro atoms. The average Bonchev–Trinajstić information content (AvgIpc) is 2.28. The molecule has 0 amide bonds. The van der Waals surface area contributed by atoms with E-state index >= 15 is 0 Å². The third-order valence-corrected chi connectivity index (χ3v) is 2.63. The lowest BCUT2D eigenvalue weighted by atomic mass is 9.77. The van der Waals surface area contributed by atoms with Crippen molar-refractivity contribution in [3.8, 4) is 0 Å². The maximum absolute atomic E-state index is 13.0. The van der Waals surface area contributed by atoms with Crippen molar-refractivity contribution in [3.05, 3.63) is 29.6 Å². The molecule has 0 heterocycles. The summed E-state index contributed by atoms with van der Waals surface area (Å²) in [5.41, 5.74) is 0.128. The van der Waals surface area contributed by atoms with Crippen LogP contribution >= 0.6 is 0 Å². The van der Waals surface area contributed by atoms with Crippen molar-refractivity contribution in [2.75, 3.05) is 13.1 Å². The van der Waals surface area contributed by atoms with E-state index in [-0.39, 0.29) is 24.1 Å². The molecule has 0 aliphatic heterocycles. The molecule has 0 atom stereocenters. The molecule has 1 aromatic rings. The smallest absolute Gasteiger partial charge is 0.423 e. The van der Waals surface area contributed by atoms with Gasteiger partial charge in [0.1, 0.15) is 5.82 Å². The minimum atomic E-state index is -4.34. The van der Waals surface area contributed by atoms with Crippen LogP contribution < -0.4 is 5.46 Å². The van der Waals surface area contributed by atoms with Gasteiger partial charge in [0.2, 0.25) is 0 Å². The number of hydrogen-bond donors (Lipinski definition) is 2. The van der Waals surface area contributed by atoms with Crippen LogP contribution in [-0.2, 0) is 6.54 Å². The van der Waals surface area contributed by atoms with Crippen molar-refractivity contribution < 1.29 is 27.6 Å². The summed E-state index contributed by atoms with van der Waals surface area (Å²) < 4.78 is 49.9. The molecule has 0 aliphatic carbocycles. The van der Waals surface area contributed by atoms with E-state index in [0.29, 0.717) is 0 Å². The highest BCUT2D eigenvalue weighted by molar-refractivity contribution is 6.59. The number of nitrogens with zero attached hydrogens (tertiary/aromatic N) is 1. The fourth-order valence-electron chi connectivity index (χ4n) is 1.72. The summed E-state index contributed by atoms with van der Waals surface area (Å²) in [7, 11) is -1.92. The molecule has 19 heavy (non-hydrogen) atoms. The summed E-state index contributed by atoms with van der Waals surface area (Å²) in [4.78, 5) is 1.08. The minimum Gasteiger partial charge on any atom is -0.423 e. The van der Waals surface area contributed by atoms with E-state index in [1.807, 2.05) is 0 Å². The molecule has 0 aliphatic rings. The molecule has 106 valence electrons. The highest BCUT2D eigenvalue weighted by Gasteiger charge is 2.30. The lowest BCUT2D eigenvalue weighted by molar-refractivity contribution is -0.146. The Labute approximate surface area is 108 Å². The van der Waals surface area contributed by atoms with Gasteiger partial charge in [0, 0.05) is 6.54 Å². The van der Waals surface area contributed by atoms with Crippen LogP contribution in [0.3, 0.4) is 0 Å². The predicted molar refractivity (Wildman–Crippen MR) is 63.2 cm³/mol. The molecule has 1 rings (SSSR count). The molecule has 0 fully saturated rings. The third kappa shape index (κ3) is 5.18. The number of alkyl halides is 3. The van der Waals surface area contributed by atoms with E-state index in [0.717, 1.165) is 17.0 Å². The van der Waals surface area contributed by atoms with Crippen molar-refractivity contribution >= 4 is 12.6 Å². The molecule has 0 saturated heterocycles. The molecule has 0 saturated carbocycles. The van der Waals surface area contributed by atoms with Crippen molar-refractivity contribution in [1.29, 1.82) is 0 Å². The molecular weight excluding hydrogens is 265 g/mol. The van der Waals surface area contributed by atoms with Gasteiger partial charge in [-0.15, -0.1) is 0 Å². The van der Waals surface area contributed by atoms with Gasteiger partial charge in [-0.05, 0) is 29.7 Å². The highest BCUT2D eigenvalue weighted by Crippen LogP contribution is 2.17. The van der Waals surface area contributed by atoms with Gasteiger partial charge in [-0.25, -0.2) is 4.39 Å². The summed E-state index contributed by atoms with van der Waals surface area (Å²) in [6.45, 7) is 0.452. The van der Waals surface area contributed by atoms with E-state index in [4.69, 9.17) is 10.0 Å². The van der Waals surface area contributed by atoms with Gasteiger partial charge in [0.15, 0.2) is 0 Å². The van der Waals surface area contributed by atoms with Crippen LogP contribution in [0.1, 0.15) is 12.5 Å². The molecule has 0 unspecified atom stereocenters. The van der Waals surface area contributed by atoms with Gasteiger partial charge in [-0.2, -0.15) is 13.2 Å². The normalized spacial score (nSPS) is 12.0. The SMILES string of the molecule is CCN(Cc1ccc(F)cc1B(O)O)CC(F)(F)F. The number of rotatable bonds is 5. The van der Waals surface area contributed by atoms with E-state index in [9.17, 15) is 17.6 Å². The molecular formula is C11H14BF4NO2. The second-order valence-corrected chi connectivity index (χ2v) is 4.14. The first kappa shape index (κ1) is 15.9. The van der Waals surface area contributed by atoms with Crippen LogP contribution in [0, 0.1) is 5.82 Å².